The molecule has 1 aliphatic rings. The Hall–Kier alpha value is -2.16. The van der Waals surface area contributed by atoms with Crippen LogP contribution in [0.25, 0.3) is 6.08 Å². The van der Waals surface area contributed by atoms with Gasteiger partial charge >= 0.3 is 0 Å². The highest BCUT2D eigenvalue weighted by Gasteiger charge is 2.36. The van der Waals surface area contributed by atoms with Crippen molar-refractivity contribution < 1.29 is 9.59 Å². The van der Waals surface area contributed by atoms with E-state index in [4.69, 9.17) is 0 Å². The van der Waals surface area contributed by atoms with Crippen LogP contribution < -0.4 is 5.32 Å². The molecule has 1 N–H and O–H groups in total. The molecule has 20 heavy (non-hydrogen) atoms. The maximum absolute atomic E-state index is 12.4. The van der Waals surface area contributed by atoms with Crippen LogP contribution in [0.3, 0.4) is 0 Å². The summed E-state index contributed by atoms with van der Waals surface area (Å²) in [5, 5.41) is 3.03. The highest BCUT2D eigenvalue weighted by Crippen LogP contribution is 2.28. The molecule has 0 fully saturated rings. The zero-order chi connectivity index (χ0) is 14.9. The van der Waals surface area contributed by atoms with E-state index in [-0.39, 0.29) is 17.1 Å². The first-order valence-corrected chi connectivity index (χ1v) is 6.65. The van der Waals surface area contributed by atoms with E-state index in [9.17, 15) is 9.59 Å². The second-order valence-corrected chi connectivity index (χ2v) is 6.00. The summed E-state index contributed by atoms with van der Waals surface area (Å²) < 4.78 is 0. The standard InChI is InChI=1S/C17H19NO2/c1-11-14(16(20)17(2,3)4)15(19)13(18-11)10-12-8-6-5-7-9-12/h5-10,18H,1-4H3/b13-10+. The predicted molar refractivity (Wildman–Crippen MR) is 79.7 cm³/mol. The van der Waals surface area contributed by atoms with Crippen LogP contribution >= 0.6 is 0 Å². The molecule has 0 aliphatic carbocycles. The molecule has 0 aromatic heterocycles. The first kappa shape index (κ1) is 14.3. The van der Waals surface area contributed by atoms with Gasteiger partial charge in [0.2, 0.25) is 5.78 Å². The van der Waals surface area contributed by atoms with E-state index in [2.05, 4.69) is 5.32 Å². The van der Waals surface area contributed by atoms with Gasteiger partial charge in [-0.1, -0.05) is 51.1 Å². The molecule has 0 bridgehead atoms. The summed E-state index contributed by atoms with van der Waals surface area (Å²) in [4.78, 5) is 24.7. The summed E-state index contributed by atoms with van der Waals surface area (Å²) in [6, 6.07) is 9.58. The Labute approximate surface area is 119 Å². The molecule has 0 amide bonds. The smallest absolute Gasteiger partial charge is 0.214 e. The van der Waals surface area contributed by atoms with Crippen LogP contribution in [0.4, 0.5) is 0 Å². The number of carbonyl (C=O) groups is 2. The molecule has 1 aromatic rings. The summed E-state index contributed by atoms with van der Waals surface area (Å²) in [5.41, 5.74) is 1.74. The lowest BCUT2D eigenvalue weighted by atomic mass is 9.84. The van der Waals surface area contributed by atoms with E-state index < -0.39 is 5.41 Å². The lowest BCUT2D eigenvalue weighted by Crippen LogP contribution is -2.25. The normalized spacial score (nSPS) is 17.6. The molecule has 1 heterocycles. The van der Waals surface area contributed by atoms with Gasteiger partial charge < -0.3 is 5.32 Å². The Balaban J connectivity index is 2.33. The van der Waals surface area contributed by atoms with Crippen molar-refractivity contribution in [1.29, 1.82) is 0 Å². The monoisotopic (exact) mass is 269 g/mol. The molecule has 2 rings (SSSR count). The first-order chi connectivity index (χ1) is 9.30. The first-order valence-electron chi connectivity index (χ1n) is 6.65. The minimum absolute atomic E-state index is 0.121. The summed E-state index contributed by atoms with van der Waals surface area (Å²) >= 11 is 0. The average molecular weight is 269 g/mol. The molecule has 0 spiro atoms. The van der Waals surface area contributed by atoms with Crippen molar-refractivity contribution in [2.24, 2.45) is 5.41 Å². The third-order valence-corrected chi connectivity index (χ3v) is 3.19. The van der Waals surface area contributed by atoms with Crippen LogP contribution in [-0.4, -0.2) is 11.6 Å². The van der Waals surface area contributed by atoms with E-state index in [1.165, 1.54) is 0 Å². The molecule has 3 nitrogen and oxygen atoms in total. The Morgan fingerprint density at radius 2 is 1.75 bits per heavy atom. The molecule has 0 radical (unpaired) electrons. The lowest BCUT2D eigenvalue weighted by molar-refractivity contribution is -0.125. The van der Waals surface area contributed by atoms with E-state index in [1.807, 2.05) is 51.1 Å². The zero-order valence-electron chi connectivity index (χ0n) is 12.3. The van der Waals surface area contributed by atoms with Crippen molar-refractivity contribution in [3.63, 3.8) is 0 Å². The predicted octanol–water partition coefficient (Wildman–Crippen LogP) is 3.09. The topological polar surface area (TPSA) is 46.2 Å². The number of ketones is 2. The van der Waals surface area contributed by atoms with E-state index >= 15 is 0 Å². The summed E-state index contributed by atoms with van der Waals surface area (Å²) in [6.45, 7) is 7.23. The summed E-state index contributed by atoms with van der Waals surface area (Å²) in [5.74, 6) is -0.338. The summed E-state index contributed by atoms with van der Waals surface area (Å²) in [6.07, 6.45) is 1.77. The van der Waals surface area contributed by atoms with E-state index in [1.54, 1.807) is 13.0 Å². The fourth-order valence-corrected chi connectivity index (χ4v) is 2.09. The van der Waals surface area contributed by atoms with E-state index in [0.29, 0.717) is 11.4 Å². The second-order valence-electron chi connectivity index (χ2n) is 6.00. The SMILES string of the molecule is CC1=C(C(=O)C(C)(C)C)C(=O)/C(=C\c2ccccc2)N1. The Morgan fingerprint density at radius 3 is 2.30 bits per heavy atom. The van der Waals surface area contributed by atoms with Crippen molar-refractivity contribution >= 4 is 17.6 Å². The molecule has 0 unspecified atom stereocenters. The zero-order valence-corrected chi connectivity index (χ0v) is 12.3. The highest BCUT2D eigenvalue weighted by molar-refractivity contribution is 6.30. The number of carbonyl (C=O) groups excluding carboxylic acids is 2. The van der Waals surface area contributed by atoms with Gasteiger partial charge in [-0.3, -0.25) is 9.59 Å². The lowest BCUT2D eigenvalue weighted by Gasteiger charge is -2.16. The van der Waals surface area contributed by atoms with Crippen molar-refractivity contribution in [2.45, 2.75) is 27.7 Å². The minimum atomic E-state index is -0.559. The van der Waals surface area contributed by atoms with Gasteiger partial charge in [0.25, 0.3) is 0 Å². The van der Waals surface area contributed by atoms with Gasteiger partial charge in [0.15, 0.2) is 5.78 Å². The van der Waals surface area contributed by atoms with Crippen LogP contribution in [-0.2, 0) is 9.59 Å². The number of rotatable bonds is 2. The maximum Gasteiger partial charge on any atom is 0.214 e. The van der Waals surface area contributed by atoms with Crippen LogP contribution in [0, 0.1) is 5.41 Å². The van der Waals surface area contributed by atoms with Crippen LogP contribution in [0.2, 0.25) is 0 Å². The third-order valence-electron chi connectivity index (χ3n) is 3.19. The van der Waals surface area contributed by atoms with Crippen LogP contribution in [0.15, 0.2) is 47.3 Å². The Kier molecular flexibility index (Phi) is 3.62. The number of allylic oxidation sites excluding steroid dienone is 2. The van der Waals surface area contributed by atoms with Gasteiger partial charge in [-0.05, 0) is 18.6 Å². The van der Waals surface area contributed by atoms with Crippen molar-refractivity contribution in [1.82, 2.24) is 5.32 Å². The molecule has 3 heteroatoms. The Morgan fingerprint density at radius 1 is 1.15 bits per heavy atom. The maximum atomic E-state index is 12.4. The average Bonchev–Trinajstić information content (AvgIpc) is 2.64. The van der Waals surface area contributed by atoms with Gasteiger partial charge in [0.05, 0.1) is 11.3 Å². The third kappa shape index (κ3) is 2.72. The molecule has 104 valence electrons. The quantitative estimate of drug-likeness (QED) is 0.663. The van der Waals surface area contributed by atoms with Crippen molar-refractivity contribution in [2.75, 3.05) is 0 Å². The molecular weight excluding hydrogens is 250 g/mol. The number of hydrogen-bond donors (Lipinski definition) is 1. The Bertz CT molecular complexity index is 616. The van der Waals surface area contributed by atoms with Gasteiger partial charge in [-0.2, -0.15) is 0 Å². The molecule has 1 aliphatic heterocycles. The number of benzene rings is 1. The molecule has 0 saturated heterocycles. The van der Waals surface area contributed by atoms with Crippen molar-refractivity contribution in [3.8, 4) is 0 Å². The molecular formula is C17H19NO2. The minimum Gasteiger partial charge on any atom is -0.355 e. The molecule has 0 saturated carbocycles. The fraction of sp³-hybridized carbons (Fsp3) is 0.294. The van der Waals surface area contributed by atoms with Gasteiger partial charge in [0.1, 0.15) is 0 Å². The van der Waals surface area contributed by atoms with Gasteiger partial charge in [-0.25, -0.2) is 0 Å². The molecule has 1 aromatic carbocycles. The largest absolute Gasteiger partial charge is 0.355 e. The second kappa shape index (κ2) is 5.08. The highest BCUT2D eigenvalue weighted by atomic mass is 16.2. The van der Waals surface area contributed by atoms with E-state index in [0.717, 1.165) is 5.56 Å². The van der Waals surface area contributed by atoms with Crippen LogP contribution in [0.1, 0.15) is 33.3 Å². The number of nitrogens with one attached hydrogen (secondary N) is 1. The number of hydrogen-bond acceptors (Lipinski definition) is 3. The molecule has 0 atom stereocenters. The fourth-order valence-electron chi connectivity index (χ4n) is 2.09. The van der Waals surface area contributed by atoms with Crippen molar-refractivity contribution in [3.05, 3.63) is 52.9 Å². The van der Waals surface area contributed by atoms with Gasteiger partial charge in [0, 0.05) is 11.1 Å². The van der Waals surface area contributed by atoms with Crippen LogP contribution in [0.5, 0.6) is 0 Å². The summed E-state index contributed by atoms with van der Waals surface area (Å²) in [7, 11) is 0. The van der Waals surface area contributed by atoms with Gasteiger partial charge in [-0.15, -0.1) is 0 Å². The number of Topliss-reactive ketones (excluding diaryl/α,β-unsaturated/α-hetero) is 2.